The number of piperidine rings is 1. The Morgan fingerprint density at radius 2 is 1.55 bits per heavy atom. The van der Waals surface area contributed by atoms with Gasteiger partial charge < -0.3 is 9.84 Å². The van der Waals surface area contributed by atoms with Gasteiger partial charge in [0.05, 0.1) is 6.61 Å². The number of esters is 1. The maximum atomic E-state index is 13.2. The van der Waals surface area contributed by atoms with Crippen LogP contribution in [0.2, 0.25) is 0 Å². The van der Waals surface area contributed by atoms with Crippen LogP contribution in [0.1, 0.15) is 124 Å². The number of benzene rings is 2. The van der Waals surface area contributed by atoms with Crippen molar-refractivity contribution < 1.29 is 19.5 Å². The molecule has 44 heavy (non-hydrogen) atoms. The lowest BCUT2D eigenvalue weighted by Crippen LogP contribution is -2.62. The first-order chi connectivity index (χ1) is 20.7. The number of nitrogens with zero attached hydrogens (tertiary/aromatic N) is 4. The fourth-order valence-electron chi connectivity index (χ4n) is 6.65. The molecule has 8 heteroatoms. The van der Waals surface area contributed by atoms with Crippen LogP contribution >= 0.6 is 0 Å². The molecule has 2 heterocycles. The SMILES string of the molecule is CCCCCCCCON1C(C)(C)CC(OC(=O)CCc2cc(-n3nc4ccccc4n3)c(O)c(C(C)(C)C)c2)CC1(C)C. The topological polar surface area (TPSA) is 89.7 Å². The molecule has 1 aliphatic heterocycles. The van der Waals surface area contributed by atoms with E-state index in [9.17, 15) is 9.90 Å². The second kappa shape index (κ2) is 14.0. The van der Waals surface area contributed by atoms with Gasteiger partial charge in [-0.2, -0.15) is 5.06 Å². The quantitative estimate of drug-likeness (QED) is 0.155. The molecule has 1 saturated heterocycles. The fourth-order valence-corrected chi connectivity index (χ4v) is 6.65. The number of carbonyl (C=O) groups is 1. The molecule has 2 aromatic carbocycles. The van der Waals surface area contributed by atoms with Crippen molar-refractivity contribution in [1.82, 2.24) is 20.1 Å². The van der Waals surface area contributed by atoms with Crippen molar-refractivity contribution in [2.75, 3.05) is 6.61 Å². The molecule has 0 spiro atoms. The van der Waals surface area contributed by atoms with E-state index in [4.69, 9.17) is 9.57 Å². The lowest BCUT2D eigenvalue weighted by Gasteiger charge is -2.53. The molecular weight excluding hydrogens is 552 g/mol. The zero-order valence-corrected chi connectivity index (χ0v) is 28.3. The highest BCUT2D eigenvalue weighted by atomic mass is 16.7. The normalized spacial score (nSPS) is 17.3. The van der Waals surface area contributed by atoms with E-state index in [0.29, 0.717) is 24.9 Å². The summed E-state index contributed by atoms with van der Waals surface area (Å²) in [6.45, 7) is 17.8. The molecule has 4 rings (SSSR count). The molecule has 0 saturated carbocycles. The van der Waals surface area contributed by atoms with Crippen LogP contribution in [0.25, 0.3) is 16.7 Å². The Bertz CT molecular complexity index is 1350. The number of aryl methyl sites for hydroxylation is 1. The summed E-state index contributed by atoms with van der Waals surface area (Å²) in [6.07, 6.45) is 9.39. The maximum absolute atomic E-state index is 13.2. The van der Waals surface area contributed by atoms with Crippen molar-refractivity contribution >= 4 is 17.0 Å². The van der Waals surface area contributed by atoms with E-state index in [1.165, 1.54) is 36.9 Å². The molecule has 0 amide bonds. The van der Waals surface area contributed by atoms with E-state index >= 15 is 0 Å². The first kappa shape index (κ1) is 33.9. The zero-order valence-electron chi connectivity index (χ0n) is 28.3. The minimum atomic E-state index is -0.315. The van der Waals surface area contributed by atoms with Crippen molar-refractivity contribution in [3.8, 4) is 11.4 Å². The van der Waals surface area contributed by atoms with Gasteiger partial charge in [0.25, 0.3) is 0 Å². The van der Waals surface area contributed by atoms with E-state index < -0.39 is 0 Å². The van der Waals surface area contributed by atoms with Crippen LogP contribution in [0, 0.1) is 0 Å². The van der Waals surface area contributed by atoms with E-state index in [0.717, 1.165) is 35.2 Å². The summed E-state index contributed by atoms with van der Waals surface area (Å²) in [5.41, 5.74) is 2.89. The van der Waals surface area contributed by atoms with Crippen LogP contribution in [-0.2, 0) is 26.2 Å². The standard InChI is InChI=1S/C36H54N4O4/c1-9-10-11-12-13-16-21-43-40-35(5,6)24-27(25-36(40,7)8)44-32(41)20-19-26-22-28(34(2,3)4)33(42)31(23-26)39-37-29-17-14-15-18-30(29)38-39/h14-15,17-18,22-23,27,42H,9-13,16,19-21,24-25H2,1-8H3. The smallest absolute Gasteiger partial charge is 0.306 e. The second-order valence-electron chi connectivity index (χ2n) is 14.8. The van der Waals surface area contributed by atoms with Gasteiger partial charge in [0.15, 0.2) is 0 Å². The number of fused-ring (bicyclic) bond motifs is 1. The highest BCUT2D eigenvalue weighted by molar-refractivity contribution is 5.74. The number of aromatic hydroxyl groups is 1. The Morgan fingerprint density at radius 1 is 0.955 bits per heavy atom. The van der Waals surface area contributed by atoms with E-state index in [1.54, 1.807) is 0 Å². The van der Waals surface area contributed by atoms with Crippen LogP contribution < -0.4 is 0 Å². The van der Waals surface area contributed by atoms with Crippen molar-refractivity contribution in [2.24, 2.45) is 0 Å². The Labute approximate surface area is 264 Å². The molecule has 0 aliphatic carbocycles. The molecular formula is C36H54N4O4. The minimum absolute atomic E-state index is 0.152. The van der Waals surface area contributed by atoms with Gasteiger partial charge in [0.1, 0.15) is 28.6 Å². The van der Waals surface area contributed by atoms with E-state index in [2.05, 4.69) is 70.7 Å². The summed E-state index contributed by atoms with van der Waals surface area (Å²) in [5, 5.41) is 22.6. The average molecular weight is 607 g/mol. The molecule has 0 unspecified atom stereocenters. The third-order valence-corrected chi connectivity index (χ3v) is 8.65. The van der Waals surface area contributed by atoms with E-state index in [-0.39, 0.29) is 40.7 Å². The molecule has 1 fully saturated rings. The number of hydrogen-bond donors (Lipinski definition) is 1. The largest absolute Gasteiger partial charge is 0.505 e. The van der Waals surface area contributed by atoms with Crippen molar-refractivity contribution in [3.63, 3.8) is 0 Å². The number of hydroxylamine groups is 2. The predicted molar refractivity (Wildman–Crippen MR) is 176 cm³/mol. The van der Waals surface area contributed by atoms with Crippen molar-refractivity contribution in [1.29, 1.82) is 0 Å². The van der Waals surface area contributed by atoms with Gasteiger partial charge in [0.2, 0.25) is 0 Å². The number of hydrogen-bond acceptors (Lipinski definition) is 7. The van der Waals surface area contributed by atoms with Gasteiger partial charge in [-0.25, -0.2) is 0 Å². The van der Waals surface area contributed by atoms with Crippen LogP contribution in [-0.4, -0.2) is 54.9 Å². The van der Waals surface area contributed by atoms with Crippen LogP contribution in [0.4, 0.5) is 0 Å². The van der Waals surface area contributed by atoms with Gasteiger partial charge in [-0.3, -0.25) is 9.63 Å². The molecule has 1 aliphatic rings. The lowest BCUT2D eigenvalue weighted by molar-refractivity contribution is -0.293. The molecule has 0 atom stereocenters. The van der Waals surface area contributed by atoms with Gasteiger partial charge in [-0.05, 0) is 69.7 Å². The maximum Gasteiger partial charge on any atom is 0.306 e. The summed E-state index contributed by atoms with van der Waals surface area (Å²) in [5.74, 6) is -0.0583. The van der Waals surface area contributed by atoms with Crippen molar-refractivity contribution in [2.45, 2.75) is 142 Å². The first-order valence-corrected chi connectivity index (χ1v) is 16.5. The third kappa shape index (κ3) is 8.39. The number of unbranched alkanes of at least 4 members (excludes halogenated alkanes) is 5. The molecule has 0 bridgehead atoms. The molecule has 0 radical (unpaired) electrons. The molecule has 242 valence electrons. The number of phenolic OH excluding ortho intramolecular Hbond substituents is 1. The van der Waals surface area contributed by atoms with Crippen LogP contribution in [0.15, 0.2) is 36.4 Å². The molecule has 1 aromatic heterocycles. The number of aromatic nitrogens is 3. The Balaban J connectivity index is 1.39. The summed E-state index contributed by atoms with van der Waals surface area (Å²) < 4.78 is 6.09. The number of ether oxygens (including phenoxy) is 1. The first-order valence-electron chi connectivity index (χ1n) is 16.5. The lowest BCUT2D eigenvalue weighted by atomic mass is 9.80. The summed E-state index contributed by atoms with van der Waals surface area (Å²) in [4.78, 5) is 21.0. The Kier molecular flexibility index (Phi) is 10.8. The molecule has 1 N–H and O–H groups in total. The van der Waals surface area contributed by atoms with Gasteiger partial charge in [0, 0.05) is 35.9 Å². The third-order valence-electron chi connectivity index (χ3n) is 8.65. The summed E-state index contributed by atoms with van der Waals surface area (Å²) in [7, 11) is 0. The van der Waals surface area contributed by atoms with E-state index in [1.807, 2.05) is 36.4 Å². The van der Waals surface area contributed by atoms with Crippen LogP contribution in [0.5, 0.6) is 5.75 Å². The predicted octanol–water partition coefficient (Wildman–Crippen LogP) is 8.21. The van der Waals surface area contributed by atoms with Crippen LogP contribution in [0.3, 0.4) is 0 Å². The highest BCUT2D eigenvalue weighted by Gasteiger charge is 2.47. The van der Waals surface area contributed by atoms with Gasteiger partial charge >= 0.3 is 5.97 Å². The van der Waals surface area contributed by atoms with Gasteiger partial charge in [-0.1, -0.05) is 78.0 Å². The second-order valence-corrected chi connectivity index (χ2v) is 14.8. The molecule has 8 nitrogen and oxygen atoms in total. The summed E-state index contributed by atoms with van der Waals surface area (Å²) in [6, 6.07) is 11.5. The Hall–Kier alpha value is -2.97. The highest BCUT2D eigenvalue weighted by Crippen LogP contribution is 2.40. The average Bonchev–Trinajstić information content (AvgIpc) is 3.36. The number of rotatable bonds is 13. The Morgan fingerprint density at radius 3 is 2.14 bits per heavy atom. The van der Waals surface area contributed by atoms with Crippen molar-refractivity contribution in [3.05, 3.63) is 47.5 Å². The zero-order chi connectivity index (χ0) is 32.1. The monoisotopic (exact) mass is 606 g/mol. The van der Waals surface area contributed by atoms with Gasteiger partial charge in [-0.15, -0.1) is 15.0 Å². The fraction of sp³-hybridized carbons (Fsp3) is 0.639. The number of carbonyl (C=O) groups excluding carboxylic acids is 1. The minimum Gasteiger partial charge on any atom is -0.505 e. The summed E-state index contributed by atoms with van der Waals surface area (Å²) >= 11 is 0. The molecule has 3 aromatic rings. The number of phenols is 1.